The zero-order chi connectivity index (χ0) is 21.6. The third-order valence-corrected chi connectivity index (χ3v) is 6.45. The van der Waals surface area contributed by atoms with Crippen molar-refractivity contribution in [3.8, 4) is 0 Å². The van der Waals surface area contributed by atoms with Gasteiger partial charge in [-0.05, 0) is 31.5 Å². The second-order valence-electron chi connectivity index (χ2n) is 6.66. The normalized spacial score (nSPS) is 12.4. The van der Waals surface area contributed by atoms with Crippen LogP contribution >= 0.6 is 11.8 Å². The molecule has 1 N–H and O–H groups in total. The molecule has 0 saturated carbocycles. The van der Waals surface area contributed by atoms with Gasteiger partial charge in [0.25, 0.3) is 0 Å². The van der Waals surface area contributed by atoms with E-state index in [-0.39, 0.29) is 5.69 Å². The summed E-state index contributed by atoms with van der Waals surface area (Å²) in [5.41, 5.74) is 2.26. The van der Waals surface area contributed by atoms with Gasteiger partial charge >= 0.3 is 0 Å². The van der Waals surface area contributed by atoms with E-state index in [1.807, 2.05) is 19.1 Å². The van der Waals surface area contributed by atoms with Gasteiger partial charge < -0.3 is 5.32 Å². The maximum absolute atomic E-state index is 13.5. The van der Waals surface area contributed by atoms with Crippen LogP contribution in [-0.4, -0.2) is 38.9 Å². The summed E-state index contributed by atoms with van der Waals surface area (Å²) >= 11 is 1.64. The molecule has 2 aromatic rings. The summed E-state index contributed by atoms with van der Waals surface area (Å²) in [5.74, 6) is -1.34. The molecule has 158 valence electrons. The molecule has 9 heteroatoms. The highest BCUT2D eigenvalue weighted by Crippen LogP contribution is 2.23. The molecular formula is C20H24F2N2O3S2. The van der Waals surface area contributed by atoms with Crippen molar-refractivity contribution in [2.75, 3.05) is 22.9 Å². The third-order valence-electron chi connectivity index (χ3n) is 4.18. The molecule has 1 atom stereocenters. The Morgan fingerprint density at radius 3 is 2.38 bits per heavy atom. The number of carbonyl (C=O) groups excluding carboxylic acids is 1. The number of hydrogen-bond acceptors (Lipinski definition) is 4. The van der Waals surface area contributed by atoms with Crippen molar-refractivity contribution in [3.63, 3.8) is 0 Å². The highest BCUT2D eigenvalue weighted by Gasteiger charge is 2.29. The van der Waals surface area contributed by atoms with Crippen molar-refractivity contribution in [3.05, 3.63) is 65.2 Å². The molecule has 1 amide bonds. The highest BCUT2D eigenvalue weighted by molar-refractivity contribution is 7.98. The van der Waals surface area contributed by atoms with Gasteiger partial charge in [0.15, 0.2) is 11.6 Å². The maximum Gasteiger partial charge on any atom is 0.243 e. The van der Waals surface area contributed by atoms with E-state index in [0.717, 1.165) is 34.5 Å². The van der Waals surface area contributed by atoms with Crippen molar-refractivity contribution >= 4 is 33.4 Å². The lowest BCUT2D eigenvalue weighted by molar-refractivity contribution is -0.121. The van der Waals surface area contributed by atoms with E-state index < -0.39 is 33.6 Å². The number of anilines is 1. The number of sulfonamides is 1. The van der Waals surface area contributed by atoms with E-state index in [0.29, 0.717) is 12.3 Å². The molecule has 0 aliphatic heterocycles. The van der Waals surface area contributed by atoms with Crippen LogP contribution in [0.15, 0.2) is 42.5 Å². The van der Waals surface area contributed by atoms with Crippen LogP contribution in [0.25, 0.3) is 0 Å². The zero-order valence-corrected chi connectivity index (χ0v) is 18.1. The van der Waals surface area contributed by atoms with Gasteiger partial charge in [-0.2, -0.15) is 11.8 Å². The second kappa shape index (κ2) is 10.1. The minimum absolute atomic E-state index is 0.109. The molecule has 0 aliphatic carbocycles. The monoisotopic (exact) mass is 442 g/mol. The lowest BCUT2D eigenvalue weighted by Crippen LogP contribution is -2.48. The van der Waals surface area contributed by atoms with Crippen LogP contribution in [0.2, 0.25) is 0 Å². The number of aryl methyl sites for hydroxylation is 1. The van der Waals surface area contributed by atoms with Crippen LogP contribution in [0.1, 0.15) is 18.1 Å². The van der Waals surface area contributed by atoms with Crippen LogP contribution in [0, 0.1) is 18.6 Å². The van der Waals surface area contributed by atoms with Crippen LogP contribution in [0.4, 0.5) is 14.5 Å². The number of nitrogens with zero attached hydrogens (tertiary/aromatic N) is 1. The molecule has 0 unspecified atom stereocenters. The van der Waals surface area contributed by atoms with E-state index in [1.54, 1.807) is 11.8 Å². The van der Waals surface area contributed by atoms with E-state index in [1.165, 1.54) is 18.1 Å². The molecule has 0 aliphatic rings. The van der Waals surface area contributed by atoms with Crippen LogP contribution in [-0.2, 0) is 20.6 Å². The molecular weight excluding hydrogens is 418 g/mol. The van der Waals surface area contributed by atoms with E-state index >= 15 is 0 Å². The maximum atomic E-state index is 13.5. The standard InChI is InChI=1S/C20H24F2N2O3S2/c1-14-4-6-16(7-5-14)13-28-11-10-23-20(25)15(2)24(29(3,26)27)17-8-9-18(21)19(22)12-17/h4-9,12,15H,10-11,13H2,1-3H3,(H,23,25)/t15-/m0/s1. The fourth-order valence-corrected chi connectivity index (χ4v) is 4.68. The molecule has 2 aromatic carbocycles. The Balaban J connectivity index is 1.93. The predicted octanol–water partition coefficient (Wildman–Crippen LogP) is 3.48. The molecule has 2 rings (SSSR count). The molecule has 0 bridgehead atoms. The first-order valence-corrected chi connectivity index (χ1v) is 12.0. The van der Waals surface area contributed by atoms with Gasteiger partial charge in [0, 0.05) is 24.1 Å². The number of carbonyl (C=O) groups is 1. The van der Waals surface area contributed by atoms with Gasteiger partial charge in [-0.3, -0.25) is 9.10 Å². The summed E-state index contributed by atoms with van der Waals surface area (Å²) in [6.45, 7) is 3.78. The minimum Gasteiger partial charge on any atom is -0.353 e. The molecule has 0 fully saturated rings. The summed E-state index contributed by atoms with van der Waals surface area (Å²) < 4.78 is 51.8. The summed E-state index contributed by atoms with van der Waals surface area (Å²) in [6, 6.07) is 9.78. The fourth-order valence-electron chi connectivity index (χ4n) is 2.70. The van der Waals surface area contributed by atoms with Crippen LogP contribution in [0.5, 0.6) is 0 Å². The van der Waals surface area contributed by atoms with E-state index in [9.17, 15) is 22.0 Å². The fraction of sp³-hybridized carbons (Fsp3) is 0.350. The molecule has 0 saturated heterocycles. The average Bonchev–Trinajstić information content (AvgIpc) is 2.64. The summed E-state index contributed by atoms with van der Waals surface area (Å²) in [4.78, 5) is 12.4. The van der Waals surface area contributed by atoms with Crippen LogP contribution in [0.3, 0.4) is 0 Å². The van der Waals surface area contributed by atoms with Crippen molar-refractivity contribution in [2.45, 2.75) is 25.6 Å². The van der Waals surface area contributed by atoms with Crippen LogP contribution < -0.4 is 9.62 Å². The van der Waals surface area contributed by atoms with Gasteiger partial charge in [-0.25, -0.2) is 17.2 Å². The first-order chi connectivity index (χ1) is 13.6. The number of halogens is 2. The number of rotatable bonds is 9. The lowest BCUT2D eigenvalue weighted by Gasteiger charge is -2.28. The second-order valence-corrected chi connectivity index (χ2v) is 9.63. The Bertz CT molecular complexity index is 951. The number of thioether (sulfide) groups is 1. The number of benzene rings is 2. The third kappa shape index (κ3) is 6.71. The summed E-state index contributed by atoms with van der Waals surface area (Å²) in [6.07, 6.45) is 0.912. The van der Waals surface area contributed by atoms with E-state index in [4.69, 9.17) is 0 Å². The van der Waals surface area contributed by atoms with Gasteiger partial charge in [-0.15, -0.1) is 0 Å². The largest absolute Gasteiger partial charge is 0.353 e. The van der Waals surface area contributed by atoms with Gasteiger partial charge in [-0.1, -0.05) is 29.8 Å². The lowest BCUT2D eigenvalue weighted by atomic mass is 10.2. The Morgan fingerprint density at radius 2 is 1.79 bits per heavy atom. The Hall–Kier alpha value is -2.13. The zero-order valence-electron chi connectivity index (χ0n) is 16.5. The minimum atomic E-state index is -3.89. The first kappa shape index (κ1) is 23.2. The molecule has 29 heavy (non-hydrogen) atoms. The number of hydrogen-bond donors (Lipinski definition) is 1. The Kier molecular flexibility index (Phi) is 8.04. The number of amides is 1. The summed E-state index contributed by atoms with van der Waals surface area (Å²) in [5, 5.41) is 2.69. The van der Waals surface area contributed by atoms with Crippen molar-refractivity contribution in [1.82, 2.24) is 5.32 Å². The van der Waals surface area contributed by atoms with Gasteiger partial charge in [0.1, 0.15) is 6.04 Å². The molecule has 0 radical (unpaired) electrons. The first-order valence-electron chi connectivity index (χ1n) is 8.95. The molecule has 0 aromatic heterocycles. The Labute approximate surface area is 174 Å². The van der Waals surface area contributed by atoms with Gasteiger partial charge in [0.2, 0.25) is 15.9 Å². The quantitative estimate of drug-likeness (QED) is 0.604. The highest BCUT2D eigenvalue weighted by atomic mass is 32.2. The topological polar surface area (TPSA) is 66.5 Å². The predicted molar refractivity (Wildman–Crippen MR) is 113 cm³/mol. The SMILES string of the molecule is Cc1ccc(CSCCNC(=O)[C@H](C)N(c2ccc(F)c(F)c2)S(C)(=O)=O)cc1. The Morgan fingerprint density at radius 1 is 1.14 bits per heavy atom. The molecule has 0 spiro atoms. The molecule has 5 nitrogen and oxygen atoms in total. The summed E-state index contributed by atoms with van der Waals surface area (Å²) in [7, 11) is -3.89. The van der Waals surface area contributed by atoms with Crippen molar-refractivity contribution in [1.29, 1.82) is 0 Å². The average molecular weight is 443 g/mol. The van der Waals surface area contributed by atoms with E-state index in [2.05, 4.69) is 17.4 Å². The molecule has 0 heterocycles. The van der Waals surface area contributed by atoms with Crippen molar-refractivity contribution in [2.24, 2.45) is 0 Å². The smallest absolute Gasteiger partial charge is 0.243 e. The van der Waals surface area contributed by atoms with Crippen molar-refractivity contribution < 1.29 is 22.0 Å². The number of nitrogens with one attached hydrogen (secondary N) is 1. The van der Waals surface area contributed by atoms with Gasteiger partial charge in [0.05, 0.1) is 11.9 Å².